The molecule has 1 amide bonds. The topological polar surface area (TPSA) is 64.2 Å². The molecule has 6 nitrogen and oxygen atoms in total. The Morgan fingerprint density at radius 2 is 1.69 bits per heavy atom. The SMILES string of the molecule is CCN(Cc1ccccc1)C(=O)CSc1nnc(-c2ccoc2C)n1Cc1ccccc1. The van der Waals surface area contributed by atoms with Gasteiger partial charge in [-0.3, -0.25) is 9.36 Å². The predicted octanol–water partition coefficient (Wildman–Crippen LogP) is 5.04. The average Bonchev–Trinajstić information content (AvgIpc) is 3.42. The van der Waals surface area contributed by atoms with Gasteiger partial charge in [-0.25, -0.2) is 0 Å². The number of hydrogen-bond acceptors (Lipinski definition) is 5. The molecule has 2 heterocycles. The number of amides is 1. The van der Waals surface area contributed by atoms with Gasteiger partial charge in [0.05, 0.1) is 24.1 Å². The molecule has 0 aliphatic rings. The third-order valence-electron chi connectivity index (χ3n) is 5.28. The fourth-order valence-corrected chi connectivity index (χ4v) is 4.36. The number of aromatic nitrogens is 3. The lowest BCUT2D eigenvalue weighted by molar-refractivity contribution is -0.128. The lowest BCUT2D eigenvalue weighted by Gasteiger charge is -2.21. The Labute approximate surface area is 192 Å². The van der Waals surface area contributed by atoms with Gasteiger partial charge in [0, 0.05) is 13.1 Å². The molecule has 164 valence electrons. The van der Waals surface area contributed by atoms with Gasteiger partial charge in [0.25, 0.3) is 0 Å². The van der Waals surface area contributed by atoms with Crippen molar-refractivity contribution in [2.45, 2.75) is 32.1 Å². The molecule has 0 unspecified atom stereocenters. The Hall–Kier alpha value is -3.32. The first-order valence-electron chi connectivity index (χ1n) is 10.6. The molecule has 7 heteroatoms. The quantitative estimate of drug-likeness (QED) is 0.337. The van der Waals surface area contributed by atoms with Gasteiger partial charge in [0.2, 0.25) is 5.91 Å². The van der Waals surface area contributed by atoms with E-state index in [2.05, 4.69) is 26.9 Å². The summed E-state index contributed by atoms with van der Waals surface area (Å²) in [5.74, 6) is 1.92. The van der Waals surface area contributed by atoms with Crippen LogP contribution in [0.4, 0.5) is 0 Å². The van der Waals surface area contributed by atoms with Crippen molar-refractivity contribution < 1.29 is 9.21 Å². The molecule has 0 aliphatic heterocycles. The molecule has 0 bridgehead atoms. The van der Waals surface area contributed by atoms with E-state index in [1.165, 1.54) is 11.8 Å². The summed E-state index contributed by atoms with van der Waals surface area (Å²) < 4.78 is 7.54. The number of rotatable bonds is 9. The summed E-state index contributed by atoms with van der Waals surface area (Å²) in [4.78, 5) is 14.8. The van der Waals surface area contributed by atoms with Crippen LogP contribution in [-0.2, 0) is 17.9 Å². The van der Waals surface area contributed by atoms with Gasteiger partial charge in [0.1, 0.15) is 5.76 Å². The summed E-state index contributed by atoms with van der Waals surface area (Å²) in [6.45, 7) is 5.79. The lowest BCUT2D eigenvalue weighted by Crippen LogP contribution is -2.31. The molecule has 0 fully saturated rings. The van der Waals surface area contributed by atoms with Gasteiger partial charge in [-0.1, -0.05) is 72.4 Å². The number of furan rings is 1. The molecular formula is C25H26N4O2S. The summed E-state index contributed by atoms with van der Waals surface area (Å²) in [7, 11) is 0. The van der Waals surface area contributed by atoms with Crippen LogP contribution in [0.1, 0.15) is 23.8 Å². The van der Waals surface area contributed by atoms with Gasteiger partial charge in [0.15, 0.2) is 11.0 Å². The molecule has 0 aliphatic carbocycles. The van der Waals surface area contributed by atoms with E-state index in [-0.39, 0.29) is 5.91 Å². The van der Waals surface area contributed by atoms with Gasteiger partial charge in [-0.15, -0.1) is 10.2 Å². The molecule has 32 heavy (non-hydrogen) atoms. The number of hydrogen-bond donors (Lipinski definition) is 0. The smallest absolute Gasteiger partial charge is 0.233 e. The number of carbonyl (C=O) groups excluding carboxylic acids is 1. The first-order valence-corrected chi connectivity index (χ1v) is 11.6. The van der Waals surface area contributed by atoms with Crippen LogP contribution in [0.2, 0.25) is 0 Å². The maximum Gasteiger partial charge on any atom is 0.233 e. The molecule has 4 aromatic rings. The van der Waals surface area contributed by atoms with Gasteiger partial charge < -0.3 is 9.32 Å². The van der Waals surface area contributed by atoms with E-state index in [9.17, 15) is 4.79 Å². The zero-order chi connectivity index (χ0) is 22.3. The Morgan fingerprint density at radius 3 is 2.31 bits per heavy atom. The van der Waals surface area contributed by atoms with Crippen LogP contribution in [0.25, 0.3) is 11.4 Å². The highest BCUT2D eigenvalue weighted by molar-refractivity contribution is 7.99. The van der Waals surface area contributed by atoms with Crippen molar-refractivity contribution in [2.75, 3.05) is 12.3 Å². The van der Waals surface area contributed by atoms with Crippen LogP contribution in [-0.4, -0.2) is 37.9 Å². The van der Waals surface area contributed by atoms with Crippen molar-refractivity contribution in [1.82, 2.24) is 19.7 Å². The minimum atomic E-state index is 0.0802. The Bertz CT molecular complexity index is 1160. The zero-order valence-electron chi connectivity index (χ0n) is 18.3. The van der Waals surface area contributed by atoms with E-state index in [0.717, 1.165) is 28.3 Å². The molecule has 0 spiro atoms. The maximum atomic E-state index is 12.9. The van der Waals surface area contributed by atoms with Crippen LogP contribution >= 0.6 is 11.8 Å². The highest BCUT2D eigenvalue weighted by atomic mass is 32.2. The Kier molecular flexibility index (Phi) is 7.07. The van der Waals surface area contributed by atoms with Crippen LogP contribution < -0.4 is 0 Å². The van der Waals surface area contributed by atoms with Crippen molar-refractivity contribution in [3.63, 3.8) is 0 Å². The minimum absolute atomic E-state index is 0.0802. The van der Waals surface area contributed by atoms with Crippen molar-refractivity contribution in [3.05, 3.63) is 89.9 Å². The standard InChI is InChI=1S/C25H26N4O2S/c1-3-28(16-20-10-6-4-7-11-20)23(30)18-32-25-27-26-24(22-14-15-31-19(22)2)29(25)17-21-12-8-5-9-13-21/h4-15H,3,16-18H2,1-2H3. The number of carbonyl (C=O) groups is 1. The van der Waals surface area contributed by atoms with E-state index < -0.39 is 0 Å². The van der Waals surface area contributed by atoms with Crippen LogP contribution in [0.5, 0.6) is 0 Å². The Balaban J connectivity index is 1.53. The molecule has 0 atom stereocenters. The first-order chi connectivity index (χ1) is 15.7. The third-order valence-corrected chi connectivity index (χ3v) is 6.23. The molecule has 2 aromatic carbocycles. The fourth-order valence-electron chi connectivity index (χ4n) is 3.52. The van der Waals surface area contributed by atoms with Crippen molar-refractivity contribution in [2.24, 2.45) is 0 Å². The highest BCUT2D eigenvalue weighted by Crippen LogP contribution is 2.28. The van der Waals surface area contributed by atoms with E-state index in [0.29, 0.717) is 30.5 Å². The summed E-state index contributed by atoms with van der Waals surface area (Å²) in [6, 6.07) is 22.1. The number of aryl methyl sites for hydroxylation is 1. The second-order valence-electron chi connectivity index (χ2n) is 7.45. The molecule has 0 radical (unpaired) electrons. The molecule has 2 aromatic heterocycles. The number of thioether (sulfide) groups is 1. The molecule has 0 saturated heterocycles. The van der Waals surface area contributed by atoms with Crippen LogP contribution in [0.3, 0.4) is 0 Å². The zero-order valence-corrected chi connectivity index (χ0v) is 19.1. The second-order valence-corrected chi connectivity index (χ2v) is 8.39. The summed E-state index contributed by atoms with van der Waals surface area (Å²) in [5, 5.41) is 9.56. The highest BCUT2D eigenvalue weighted by Gasteiger charge is 2.20. The van der Waals surface area contributed by atoms with Crippen LogP contribution in [0, 0.1) is 6.92 Å². The minimum Gasteiger partial charge on any atom is -0.469 e. The summed E-state index contributed by atoms with van der Waals surface area (Å²) in [5.41, 5.74) is 3.17. The normalized spacial score (nSPS) is 10.9. The van der Waals surface area contributed by atoms with E-state index in [1.54, 1.807) is 6.26 Å². The monoisotopic (exact) mass is 446 g/mol. The largest absolute Gasteiger partial charge is 0.469 e. The first kappa shape index (κ1) is 21.9. The van der Waals surface area contributed by atoms with E-state index in [4.69, 9.17) is 4.42 Å². The van der Waals surface area contributed by atoms with Gasteiger partial charge >= 0.3 is 0 Å². The second kappa shape index (κ2) is 10.3. The van der Waals surface area contributed by atoms with Gasteiger partial charge in [-0.2, -0.15) is 0 Å². The van der Waals surface area contributed by atoms with Crippen LogP contribution in [0.15, 0.2) is 82.6 Å². The summed E-state index contributed by atoms with van der Waals surface area (Å²) in [6.07, 6.45) is 1.66. The third kappa shape index (κ3) is 5.11. The summed E-state index contributed by atoms with van der Waals surface area (Å²) >= 11 is 1.42. The average molecular weight is 447 g/mol. The lowest BCUT2D eigenvalue weighted by atomic mass is 10.2. The number of benzene rings is 2. The molecule has 0 N–H and O–H groups in total. The molecular weight excluding hydrogens is 420 g/mol. The van der Waals surface area contributed by atoms with Crippen molar-refractivity contribution in [3.8, 4) is 11.4 Å². The molecule has 4 rings (SSSR count). The van der Waals surface area contributed by atoms with Crippen molar-refractivity contribution in [1.29, 1.82) is 0 Å². The van der Waals surface area contributed by atoms with E-state index >= 15 is 0 Å². The fraction of sp³-hybridized carbons (Fsp3) is 0.240. The van der Waals surface area contributed by atoms with Gasteiger partial charge in [-0.05, 0) is 31.0 Å². The number of nitrogens with zero attached hydrogens (tertiary/aromatic N) is 4. The molecule has 0 saturated carbocycles. The maximum absolute atomic E-state index is 12.9. The van der Waals surface area contributed by atoms with E-state index in [1.807, 2.05) is 73.3 Å². The van der Waals surface area contributed by atoms with Crippen molar-refractivity contribution >= 4 is 17.7 Å². The predicted molar refractivity (Wildman–Crippen MR) is 126 cm³/mol. The Morgan fingerprint density at radius 1 is 1.00 bits per heavy atom.